The van der Waals surface area contributed by atoms with Gasteiger partial charge in [0.2, 0.25) is 5.91 Å². The number of halogens is 1. The third kappa shape index (κ3) is 3.11. The van der Waals surface area contributed by atoms with E-state index in [1.54, 1.807) is 25.3 Å². The SMILES string of the molecule is COc1ccc(Cl)cc1CC(=O)Nc1n[nH]c(C)c1C. The molecule has 0 unspecified atom stereocenters. The lowest BCUT2D eigenvalue weighted by atomic mass is 10.1. The Morgan fingerprint density at radius 1 is 1.45 bits per heavy atom. The fourth-order valence-corrected chi connectivity index (χ4v) is 2.04. The molecular formula is C14H16ClN3O2. The van der Waals surface area contributed by atoms with E-state index >= 15 is 0 Å². The topological polar surface area (TPSA) is 67.0 Å². The second-order valence-electron chi connectivity index (χ2n) is 4.50. The van der Waals surface area contributed by atoms with Crippen molar-refractivity contribution in [3.63, 3.8) is 0 Å². The minimum absolute atomic E-state index is 0.167. The highest BCUT2D eigenvalue weighted by atomic mass is 35.5. The number of nitrogens with zero attached hydrogens (tertiary/aromatic N) is 1. The lowest BCUT2D eigenvalue weighted by molar-refractivity contribution is -0.115. The number of rotatable bonds is 4. The first-order chi connectivity index (χ1) is 9.51. The highest BCUT2D eigenvalue weighted by Gasteiger charge is 2.13. The van der Waals surface area contributed by atoms with Crippen LogP contribution in [-0.4, -0.2) is 23.2 Å². The number of anilines is 1. The van der Waals surface area contributed by atoms with Gasteiger partial charge < -0.3 is 10.1 Å². The molecule has 0 saturated carbocycles. The molecule has 0 aliphatic rings. The van der Waals surface area contributed by atoms with Crippen molar-refractivity contribution in [3.05, 3.63) is 40.0 Å². The van der Waals surface area contributed by atoms with Crippen molar-refractivity contribution in [3.8, 4) is 5.75 Å². The maximum absolute atomic E-state index is 12.1. The third-order valence-corrected chi connectivity index (χ3v) is 3.34. The van der Waals surface area contributed by atoms with E-state index in [0.717, 1.165) is 16.8 Å². The van der Waals surface area contributed by atoms with Gasteiger partial charge >= 0.3 is 0 Å². The van der Waals surface area contributed by atoms with E-state index in [-0.39, 0.29) is 12.3 Å². The number of hydrogen-bond donors (Lipinski definition) is 2. The van der Waals surface area contributed by atoms with Crippen molar-refractivity contribution in [2.24, 2.45) is 0 Å². The van der Waals surface area contributed by atoms with Crippen molar-refractivity contribution in [1.29, 1.82) is 0 Å². The van der Waals surface area contributed by atoms with Gasteiger partial charge in [-0.25, -0.2) is 0 Å². The first-order valence-corrected chi connectivity index (χ1v) is 6.53. The van der Waals surface area contributed by atoms with Gasteiger partial charge in [-0.3, -0.25) is 9.89 Å². The fourth-order valence-electron chi connectivity index (χ4n) is 1.84. The number of aryl methyl sites for hydroxylation is 1. The number of H-pyrrole nitrogens is 1. The second-order valence-corrected chi connectivity index (χ2v) is 4.94. The van der Waals surface area contributed by atoms with Gasteiger partial charge in [0.25, 0.3) is 0 Å². The van der Waals surface area contributed by atoms with Crippen molar-refractivity contribution in [1.82, 2.24) is 10.2 Å². The average Bonchev–Trinajstić information content (AvgIpc) is 2.71. The summed E-state index contributed by atoms with van der Waals surface area (Å²) in [5.74, 6) is 1.02. The quantitative estimate of drug-likeness (QED) is 0.911. The predicted octanol–water partition coefficient (Wildman–Crippen LogP) is 2.87. The van der Waals surface area contributed by atoms with Crippen LogP contribution < -0.4 is 10.1 Å². The molecule has 6 heteroatoms. The lowest BCUT2D eigenvalue weighted by Gasteiger charge is -2.09. The van der Waals surface area contributed by atoms with E-state index in [1.807, 2.05) is 13.8 Å². The molecule has 0 aliphatic carbocycles. The van der Waals surface area contributed by atoms with Crippen LogP contribution in [0.15, 0.2) is 18.2 Å². The molecule has 106 valence electrons. The molecule has 0 saturated heterocycles. The van der Waals surface area contributed by atoms with Gasteiger partial charge in [0.05, 0.1) is 13.5 Å². The van der Waals surface area contributed by atoms with E-state index in [4.69, 9.17) is 16.3 Å². The number of nitrogens with one attached hydrogen (secondary N) is 2. The standard InChI is InChI=1S/C14H16ClN3O2/c1-8-9(2)17-18-14(8)16-13(19)7-10-6-11(15)4-5-12(10)20-3/h4-6H,7H2,1-3H3,(H2,16,17,18,19). The molecule has 0 aliphatic heterocycles. The van der Waals surface area contributed by atoms with Crippen LogP contribution in [0.4, 0.5) is 5.82 Å². The number of carbonyl (C=O) groups excluding carboxylic acids is 1. The highest BCUT2D eigenvalue weighted by molar-refractivity contribution is 6.30. The molecule has 0 spiro atoms. The van der Waals surface area contributed by atoms with Crippen LogP contribution in [0.3, 0.4) is 0 Å². The molecule has 0 radical (unpaired) electrons. The van der Waals surface area contributed by atoms with E-state index in [1.165, 1.54) is 0 Å². The van der Waals surface area contributed by atoms with Crippen LogP contribution in [0.2, 0.25) is 5.02 Å². The van der Waals surface area contributed by atoms with Crippen LogP contribution in [0, 0.1) is 13.8 Å². The van der Waals surface area contributed by atoms with Crippen molar-refractivity contribution < 1.29 is 9.53 Å². The number of aromatic nitrogens is 2. The largest absolute Gasteiger partial charge is 0.496 e. The van der Waals surface area contributed by atoms with Gasteiger partial charge in [0.15, 0.2) is 5.82 Å². The summed E-state index contributed by atoms with van der Waals surface area (Å²) in [6, 6.07) is 5.19. The van der Waals surface area contributed by atoms with Crippen LogP contribution >= 0.6 is 11.6 Å². The molecule has 0 atom stereocenters. The van der Waals surface area contributed by atoms with Gasteiger partial charge in [-0.1, -0.05) is 11.6 Å². The zero-order valence-corrected chi connectivity index (χ0v) is 12.3. The minimum atomic E-state index is -0.167. The van der Waals surface area contributed by atoms with Crippen molar-refractivity contribution in [2.45, 2.75) is 20.3 Å². The Morgan fingerprint density at radius 3 is 2.80 bits per heavy atom. The van der Waals surface area contributed by atoms with E-state index in [9.17, 15) is 4.79 Å². The van der Waals surface area contributed by atoms with Gasteiger partial charge in [-0.15, -0.1) is 0 Å². The average molecular weight is 294 g/mol. The fraction of sp³-hybridized carbons (Fsp3) is 0.286. The van der Waals surface area contributed by atoms with Gasteiger partial charge in [-0.2, -0.15) is 5.10 Å². The maximum atomic E-state index is 12.1. The molecule has 2 rings (SSSR count). The molecular weight excluding hydrogens is 278 g/mol. The zero-order chi connectivity index (χ0) is 14.7. The maximum Gasteiger partial charge on any atom is 0.230 e. The summed E-state index contributed by atoms with van der Waals surface area (Å²) in [5.41, 5.74) is 2.60. The normalized spacial score (nSPS) is 10.4. The summed E-state index contributed by atoms with van der Waals surface area (Å²) in [5, 5.41) is 10.2. The van der Waals surface area contributed by atoms with Crippen LogP contribution in [0.25, 0.3) is 0 Å². The zero-order valence-electron chi connectivity index (χ0n) is 11.6. The van der Waals surface area contributed by atoms with E-state index in [2.05, 4.69) is 15.5 Å². The highest BCUT2D eigenvalue weighted by Crippen LogP contribution is 2.23. The molecule has 0 bridgehead atoms. The van der Waals surface area contributed by atoms with Crippen LogP contribution in [0.1, 0.15) is 16.8 Å². The Kier molecular flexibility index (Phi) is 4.29. The molecule has 2 aromatic rings. The number of aromatic amines is 1. The van der Waals surface area contributed by atoms with E-state index < -0.39 is 0 Å². The number of hydrogen-bond acceptors (Lipinski definition) is 3. The number of benzene rings is 1. The number of amides is 1. The molecule has 2 N–H and O–H groups in total. The van der Waals surface area contributed by atoms with Gasteiger partial charge in [0.1, 0.15) is 5.75 Å². The lowest BCUT2D eigenvalue weighted by Crippen LogP contribution is -2.15. The monoisotopic (exact) mass is 293 g/mol. The molecule has 0 fully saturated rings. The number of ether oxygens (including phenoxy) is 1. The second kappa shape index (κ2) is 5.96. The minimum Gasteiger partial charge on any atom is -0.496 e. The Hall–Kier alpha value is -2.01. The summed E-state index contributed by atoms with van der Waals surface area (Å²) in [4.78, 5) is 12.1. The number of carbonyl (C=O) groups is 1. The first kappa shape index (κ1) is 14.4. The Bertz CT molecular complexity index is 637. The van der Waals surface area contributed by atoms with Gasteiger partial charge in [0, 0.05) is 21.8 Å². The first-order valence-electron chi connectivity index (χ1n) is 6.15. The summed E-state index contributed by atoms with van der Waals surface area (Å²) in [7, 11) is 1.56. The number of methoxy groups -OCH3 is 1. The molecule has 1 amide bonds. The smallest absolute Gasteiger partial charge is 0.230 e. The summed E-state index contributed by atoms with van der Waals surface area (Å²) >= 11 is 5.94. The molecule has 1 heterocycles. The van der Waals surface area contributed by atoms with E-state index in [0.29, 0.717) is 16.6 Å². The summed E-state index contributed by atoms with van der Waals surface area (Å²) in [6.07, 6.45) is 0.176. The summed E-state index contributed by atoms with van der Waals surface area (Å²) < 4.78 is 5.22. The molecule has 5 nitrogen and oxygen atoms in total. The molecule has 1 aromatic heterocycles. The third-order valence-electron chi connectivity index (χ3n) is 3.10. The molecule has 20 heavy (non-hydrogen) atoms. The van der Waals surface area contributed by atoms with Crippen LogP contribution in [-0.2, 0) is 11.2 Å². The van der Waals surface area contributed by atoms with Crippen LogP contribution in [0.5, 0.6) is 5.75 Å². The van der Waals surface area contributed by atoms with Gasteiger partial charge in [-0.05, 0) is 32.0 Å². The summed E-state index contributed by atoms with van der Waals surface area (Å²) in [6.45, 7) is 3.80. The predicted molar refractivity (Wildman–Crippen MR) is 78.4 cm³/mol. The Balaban J connectivity index is 2.12. The molecule has 1 aromatic carbocycles. The van der Waals surface area contributed by atoms with Crippen molar-refractivity contribution >= 4 is 23.3 Å². The van der Waals surface area contributed by atoms with Crippen molar-refractivity contribution in [2.75, 3.05) is 12.4 Å². The Morgan fingerprint density at radius 2 is 2.20 bits per heavy atom. The Labute approximate surface area is 122 Å².